The lowest BCUT2D eigenvalue weighted by atomic mass is 10.2. The van der Waals surface area contributed by atoms with Crippen LogP contribution in [0.25, 0.3) is 22.2 Å². The number of anilines is 1. The Balaban J connectivity index is 1.46. The number of pyridine rings is 1. The van der Waals surface area contributed by atoms with E-state index >= 15 is 0 Å². The molecule has 0 saturated carbocycles. The maximum Gasteiger partial charge on any atom is 0.264 e. The third-order valence-corrected chi connectivity index (χ3v) is 6.47. The van der Waals surface area contributed by atoms with Gasteiger partial charge in [0.15, 0.2) is 17.5 Å². The summed E-state index contributed by atoms with van der Waals surface area (Å²) in [5.74, 6) is 0.229. The third kappa shape index (κ3) is 4.69. The zero-order valence-corrected chi connectivity index (χ0v) is 20.2. The van der Waals surface area contributed by atoms with Gasteiger partial charge in [-0.25, -0.2) is 4.98 Å². The molecule has 4 rings (SSSR count). The predicted molar refractivity (Wildman–Crippen MR) is 127 cm³/mol. The van der Waals surface area contributed by atoms with Crippen molar-refractivity contribution in [3.8, 4) is 17.0 Å². The molecule has 1 N–H and O–H groups in total. The number of carbonyl (C=O) groups is 1. The fraction of sp³-hybridized carbons (Fsp3) is 0.0500. The minimum Gasteiger partial charge on any atom is -0.480 e. The summed E-state index contributed by atoms with van der Waals surface area (Å²) in [5.41, 5.74) is 2.45. The Morgan fingerprint density at radius 2 is 1.97 bits per heavy atom. The van der Waals surface area contributed by atoms with Crippen LogP contribution in [0.5, 0.6) is 5.75 Å². The maximum absolute atomic E-state index is 12.4. The highest BCUT2D eigenvalue weighted by Gasteiger charge is 2.14. The molecule has 1 amide bonds. The first kappa shape index (κ1) is 20.5. The van der Waals surface area contributed by atoms with E-state index in [2.05, 4.69) is 63.1 Å². The summed E-state index contributed by atoms with van der Waals surface area (Å²) in [6.45, 7) is -0.155. The normalized spacial score (nSPS) is 10.9. The van der Waals surface area contributed by atoms with E-state index in [1.54, 1.807) is 6.20 Å². The van der Waals surface area contributed by atoms with Gasteiger partial charge in [-0.1, -0.05) is 50.1 Å². The Morgan fingerprint density at radius 3 is 2.79 bits per heavy atom. The molecule has 0 atom stereocenters. The van der Waals surface area contributed by atoms with E-state index in [-0.39, 0.29) is 12.5 Å². The SMILES string of the molecule is O=C(COc1c(Br)cc(Br)c2cccnc12)Nc1nc(-c2cccc(Br)c2)cs1. The van der Waals surface area contributed by atoms with Crippen molar-refractivity contribution in [3.05, 3.63) is 67.5 Å². The zero-order valence-electron chi connectivity index (χ0n) is 14.7. The van der Waals surface area contributed by atoms with Crippen LogP contribution in [0.3, 0.4) is 0 Å². The van der Waals surface area contributed by atoms with E-state index in [1.807, 2.05) is 47.8 Å². The Kier molecular flexibility index (Phi) is 6.29. The molecule has 29 heavy (non-hydrogen) atoms. The topological polar surface area (TPSA) is 64.1 Å². The van der Waals surface area contributed by atoms with Gasteiger partial charge in [0.1, 0.15) is 5.52 Å². The van der Waals surface area contributed by atoms with Crippen LogP contribution in [-0.4, -0.2) is 22.5 Å². The first-order valence-corrected chi connectivity index (χ1v) is 11.6. The Labute approximate surface area is 195 Å². The van der Waals surface area contributed by atoms with Crippen LogP contribution >= 0.6 is 59.1 Å². The summed E-state index contributed by atoms with van der Waals surface area (Å²) in [6, 6.07) is 13.5. The lowest BCUT2D eigenvalue weighted by molar-refractivity contribution is -0.118. The molecule has 9 heteroatoms. The standard InChI is InChI=1S/C20H12Br3N3O2S/c21-12-4-1-3-11(7-12)16-10-29-20(25-16)26-17(27)9-28-19-15(23)8-14(22)13-5-2-6-24-18(13)19/h1-8,10H,9H2,(H,25,26,27). The van der Waals surface area contributed by atoms with E-state index in [1.165, 1.54) is 11.3 Å². The van der Waals surface area contributed by atoms with Crippen LogP contribution in [0.4, 0.5) is 5.13 Å². The Bertz CT molecular complexity index is 1210. The molecule has 0 spiro atoms. The molecular formula is C20H12Br3N3O2S. The van der Waals surface area contributed by atoms with Gasteiger partial charge in [-0.2, -0.15) is 0 Å². The summed E-state index contributed by atoms with van der Waals surface area (Å²) in [5, 5.41) is 6.11. The fourth-order valence-electron chi connectivity index (χ4n) is 2.69. The summed E-state index contributed by atoms with van der Waals surface area (Å²) in [6.07, 6.45) is 1.69. The van der Waals surface area contributed by atoms with Crippen LogP contribution in [0.1, 0.15) is 0 Å². The van der Waals surface area contributed by atoms with Crippen LogP contribution in [-0.2, 0) is 4.79 Å². The van der Waals surface area contributed by atoms with Crippen molar-refractivity contribution in [2.45, 2.75) is 0 Å². The van der Waals surface area contributed by atoms with Crippen LogP contribution in [0.15, 0.2) is 67.5 Å². The molecule has 2 heterocycles. The van der Waals surface area contributed by atoms with Gasteiger partial charge in [-0.05, 0) is 40.2 Å². The molecule has 0 aliphatic carbocycles. The number of amides is 1. The van der Waals surface area contributed by atoms with E-state index in [0.717, 1.165) is 30.1 Å². The number of thiazole rings is 1. The largest absolute Gasteiger partial charge is 0.480 e. The van der Waals surface area contributed by atoms with E-state index in [0.29, 0.717) is 16.4 Å². The number of ether oxygens (including phenoxy) is 1. The van der Waals surface area contributed by atoms with Gasteiger partial charge < -0.3 is 4.74 Å². The van der Waals surface area contributed by atoms with Crippen molar-refractivity contribution in [2.24, 2.45) is 0 Å². The lowest BCUT2D eigenvalue weighted by Crippen LogP contribution is -2.20. The Morgan fingerprint density at radius 1 is 1.10 bits per heavy atom. The molecule has 0 unspecified atom stereocenters. The molecule has 0 saturated heterocycles. The van der Waals surface area contributed by atoms with Crippen LogP contribution in [0.2, 0.25) is 0 Å². The molecule has 2 aromatic carbocycles. The average Bonchev–Trinajstić information content (AvgIpc) is 3.16. The summed E-state index contributed by atoms with van der Waals surface area (Å²) in [7, 11) is 0. The first-order chi connectivity index (χ1) is 14.0. The molecule has 5 nitrogen and oxygen atoms in total. The zero-order chi connectivity index (χ0) is 20.4. The number of nitrogens with one attached hydrogen (secondary N) is 1. The van der Waals surface area contributed by atoms with Gasteiger partial charge >= 0.3 is 0 Å². The molecule has 0 aliphatic heterocycles. The molecule has 0 radical (unpaired) electrons. The van der Waals surface area contributed by atoms with Gasteiger partial charge in [0.2, 0.25) is 0 Å². The number of rotatable bonds is 5. The quantitative estimate of drug-likeness (QED) is 0.279. The molecule has 0 fully saturated rings. The maximum atomic E-state index is 12.4. The lowest BCUT2D eigenvalue weighted by Gasteiger charge is -2.11. The Hall–Kier alpha value is -1.81. The second-order valence-corrected chi connectivity index (χ2v) is 9.44. The predicted octanol–water partition coefficient (Wildman–Crippen LogP) is 6.66. The summed E-state index contributed by atoms with van der Waals surface area (Å²) in [4.78, 5) is 21.2. The number of hydrogen-bond acceptors (Lipinski definition) is 5. The first-order valence-electron chi connectivity index (χ1n) is 8.38. The van der Waals surface area contributed by atoms with Crippen molar-refractivity contribution >= 4 is 81.1 Å². The monoisotopic (exact) mass is 595 g/mol. The fourth-order valence-corrected chi connectivity index (χ4v) is 5.21. The van der Waals surface area contributed by atoms with E-state index < -0.39 is 0 Å². The molecule has 146 valence electrons. The van der Waals surface area contributed by atoms with Crippen molar-refractivity contribution in [1.82, 2.24) is 9.97 Å². The van der Waals surface area contributed by atoms with Crippen molar-refractivity contribution in [3.63, 3.8) is 0 Å². The highest BCUT2D eigenvalue weighted by molar-refractivity contribution is 9.11. The molecule has 0 aliphatic rings. The van der Waals surface area contributed by atoms with E-state index in [9.17, 15) is 4.79 Å². The van der Waals surface area contributed by atoms with Gasteiger partial charge in [-0.3, -0.25) is 15.1 Å². The number of nitrogens with zero attached hydrogens (tertiary/aromatic N) is 2. The van der Waals surface area contributed by atoms with Crippen molar-refractivity contribution < 1.29 is 9.53 Å². The summed E-state index contributed by atoms with van der Waals surface area (Å²) >= 11 is 11.8. The van der Waals surface area contributed by atoms with Crippen LogP contribution < -0.4 is 10.1 Å². The number of benzene rings is 2. The molecule has 2 aromatic heterocycles. The van der Waals surface area contributed by atoms with E-state index in [4.69, 9.17) is 4.74 Å². The average molecular weight is 598 g/mol. The van der Waals surface area contributed by atoms with Gasteiger partial charge in [0.05, 0.1) is 10.2 Å². The van der Waals surface area contributed by atoms with Gasteiger partial charge in [-0.15, -0.1) is 11.3 Å². The van der Waals surface area contributed by atoms with Gasteiger partial charge in [0.25, 0.3) is 5.91 Å². The number of carbonyl (C=O) groups excluding carboxylic acids is 1. The number of aromatic nitrogens is 2. The highest BCUT2D eigenvalue weighted by atomic mass is 79.9. The van der Waals surface area contributed by atoms with Crippen molar-refractivity contribution in [2.75, 3.05) is 11.9 Å². The highest BCUT2D eigenvalue weighted by Crippen LogP contribution is 2.37. The molecule has 4 aromatic rings. The third-order valence-electron chi connectivity index (χ3n) is 3.97. The molecule has 0 bridgehead atoms. The second kappa shape index (κ2) is 8.91. The minimum absolute atomic E-state index is 0.155. The summed E-state index contributed by atoms with van der Waals surface area (Å²) < 4.78 is 8.36. The van der Waals surface area contributed by atoms with Gasteiger partial charge in [0, 0.05) is 31.5 Å². The van der Waals surface area contributed by atoms with Crippen LogP contribution in [0, 0.1) is 0 Å². The smallest absolute Gasteiger partial charge is 0.264 e. The molecular weight excluding hydrogens is 586 g/mol. The number of hydrogen-bond donors (Lipinski definition) is 1. The minimum atomic E-state index is -0.293. The number of halogens is 3. The number of fused-ring (bicyclic) bond motifs is 1. The second-order valence-electron chi connectivity index (χ2n) is 5.95. The van der Waals surface area contributed by atoms with Crippen molar-refractivity contribution in [1.29, 1.82) is 0 Å².